The molecule has 2 saturated heterocycles. The van der Waals surface area contributed by atoms with Crippen molar-refractivity contribution in [2.24, 2.45) is 0 Å². The molecule has 13 heteroatoms. The van der Waals surface area contributed by atoms with Crippen molar-refractivity contribution < 1.29 is 24.1 Å². The van der Waals surface area contributed by atoms with E-state index in [1.807, 2.05) is 35.2 Å². The molecule has 1 aromatic heterocycles. The van der Waals surface area contributed by atoms with E-state index in [-0.39, 0.29) is 27.5 Å². The zero-order chi connectivity index (χ0) is 32.4. The van der Waals surface area contributed by atoms with Crippen LogP contribution in [-0.2, 0) is 0 Å². The molecule has 0 radical (unpaired) electrons. The molecule has 2 aliphatic heterocycles. The van der Waals surface area contributed by atoms with E-state index in [0.29, 0.717) is 65.8 Å². The average Bonchev–Trinajstić information content (AvgIpc) is 3.75. The summed E-state index contributed by atoms with van der Waals surface area (Å²) in [5.74, 6) is 0.333. The normalized spacial score (nSPS) is 14.8. The monoisotopic (exact) mass is 645 g/mol. The predicted octanol–water partition coefficient (Wildman–Crippen LogP) is 5.82. The van der Waals surface area contributed by atoms with Crippen LogP contribution in [-0.4, -0.2) is 73.5 Å². The first-order chi connectivity index (χ1) is 22.2. The van der Waals surface area contributed by atoms with Crippen molar-refractivity contribution in [1.82, 2.24) is 10.1 Å². The highest BCUT2D eigenvalue weighted by atomic mass is 35.5. The molecule has 3 heterocycles. The summed E-state index contributed by atoms with van der Waals surface area (Å²) in [6, 6.07) is 17.5. The number of anilines is 4. The Bertz CT molecular complexity index is 1730. The predicted molar refractivity (Wildman–Crippen MR) is 176 cm³/mol. The number of halogens is 1. The van der Waals surface area contributed by atoms with Gasteiger partial charge in [0.15, 0.2) is 0 Å². The van der Waals surface area contributed by atoms with Gasteiger partial charge >= 0.3 is 0 Å². The molecular weight excluding hydrogens is 612 g/mol. The molecule has 0 saturated carbocycles. The maximum atomic E-state index is 13.7. The Labute approximate surface area is 271 Å². The maximum Gasteiger partial charge on any atom is 0.259 e. The van der Waals surface area contributed by atoms with Crippen LogP contribution in [0.5, 0.6) is 5.75 Å². The summed E-state index contributed by atoms with van der Waals surface area (Å²) in [6.45, 7) is 5.26. The number of hydrogen-bond donors (Lipinski definition) is 2. The number of rotatable bonds is 8. The number of para-hydroxylation sites is 1. The molecule has 12 nitrogen and oxygen atoms in total. The van der Waals surface area contributed by atoms with Gasteiger partial charge in [-0.15, -0.1) is 0 Å². The molecule has 0 unspecified atom stereocenters. The van der Waals surface area contributed by atoms with Crippen molar-refractivity contribution >= 4 is 46.2 Å². The largest absolute Gasteiger partial charge is 0.733 e. The average molecular weight is 646 g/mol. The summed E-state index contributed by atoms with van der Waals surface area (Å²) in [5.41, 5.74) is 3.36. The van der Waals surface area contributed by atoms with Crippen molar-refractivity contribution in [3.8, 4) is 17.0 Å². The molecule has 4 aromatic rings. The first-order valence-corrected chi connectivity index (χ1v) is 15.4. The summed E-state index contributed by atoms with van der Waals surface area (Å²) < 4.78 is 10.9. The molecule has 3 aromatic carbocycles. The number of nitrogens with zero attached hydrogens (tertiary/aromatic N) is 5. The van der Waals surface area contributed by atoms with Gasteiger partial charge in [0.05, 0.1) is 29.2 Å². The quantitative estimate of drug-likeness (QED) is 0.225. The zero-order valence-electron chi connectivity index (χ0n) is 25.5. The van der Waals surface area contributed by atoms with E-state index in [1.165, 1.54) is 6.07 Å². The number of piperazine rings is 1. The van der Waals surface area contributed by atoms with Crippen molar-refractivity contribution in [1.29, 1.82) is 0 Å². The van der Waals surface area contributed by atoms with Crippen LogP contribution in [0.15, 0.2) is 65.2 Å². The fourth-order valence-electron chi connectivity index (χ4n) is 6.00. The maximum absolute atomic E-state index is 13.7. The van der Waals surface area contributed by atoms with Crippen LogP contribution in [0.25, 0.3) is 11.3 Å². The molecule has 0 aliphatic carbocycles. The third kappa shape index (κ3) is 6.19. The zero-order valence-corrected chi connectivity index (χ0v) is 26.3. The fourth-order valence-corrected chi connectivity index (χ4v) is 6.28. The molecular formula is C33H34ClN6O6-. The molecule has 0 spiro atoms. The van der Waals surface area contributed by atoms with Crippen LogP contribution < -0.4 is 25.1 Å². The Kier molecular flexibility index (Phi) is 9.02. The second-order valence-corrected chi connectivity index (χ2v) is 11.6. The molecule has 6 rings (SSSR count). The topological polar surface area (TPSA) is 138 Å². The fraction of sp³-hybridized carbons (Fsp3) is 0.303. The summed E-state index contributed by atoms with van der Waals surface area (Å²) in [7, 11) is 1.56. The van der Waals surface area contributed by atoms with Gasteiger partial charge in [-0.3, -0.25) is 14.8 Å². The number of benzene rings is 3. The minimum atomic E-state index is -0.435. The van der Waals surface area contributed by atoms with Gasteiger partial charge in [-0.2, -0.15) is 0 Å². The van der Waals surface area contributed by atoms with Gasteiger partial charge in [0, 0.05) is 56.1 Å². The third-order valence-corrected chi connectivity index (χ3v) is 8.77. The third-order valence-electron chi connectivity index (χ3n) is 8.47. The minimum absolute atomic E-state index is 0.102. The van der Waals surface area contributed by atoms with Gasteiger partial charge in [-0.05, 0) is 68.3 Å². The molecule has 2 amide bonds. The van der Waals surface area contributed by atoms with Crippen LogP contribution in [0.4, 0.5) is 22.7 Å². The number of ether oxygens (including phenoxy) is 1. The van der Waals surface area contributed by atoms with Crippen LogP contribution in [0.2, 0.25) is 5.02 Å². The van der Waals surface area contributed by atoms with E-state index in [0.717, 1.165) is 31.6 Å². The Morgan fingerprint density at radius 2 is 1.70 bits per heavy atom. The first-order valence-electron chi connectivity index (χ1n) is 15.0. The van der Waals surface area contributed by atoms with E-state index in [9.17, 15) is 20.0 Å². The van der Waals surface area contributed by atoms with E-state index >= 15 is 0 Å². The Balaban J connectivity index is 1.18. The summed E-state index contributed by atoms with van der Waals surface area (Å²) in [5, 5.41) is 28.6. The van der Waals surface area contributed by atoms with Crippen LogP contribution >= 0.6 is 11.6 Å². The molecule has 0 bridgehead atoms. The summed E-state index contributed by atoms with van der Waals surface area (Å²) in [6.07, 6.45) is 2.29. The highest BCUT2D eigenvalue weighted by Crippen LogP contribution is 2.38. The second-order valence-electron chi connectivity index (χ2n) is 11.2. The van der Waals surface area contributed by atoms with Crippen LogP contribution in [0, 0.1) is 12.1 Å². The van der Waals surface area contributed by atoms with Crippen molar-refractivity contribution in [3.05, 3.63) is 87.8 Å². The van der Waals surface area contributed by atoms with E-state index in [2.05, 4.69) is 15.4 Å². The van der Waals surface area contributed by atoms with Crippen molar-refractivity contribution in [2.75, 3.05) is 66.7 Å². The van der Waals surface area contributed by atoms with E-state index in [4.69, 9.17) is 20.9 Å². The van der Waals surface area contributed by atoms with Crippen LogP contribution in [0.1, 0.15) is 39.3 Å². The lowest BCUT2D eigenvalue weighted by Crippen LogP contribution is -2.49. The van der Waals surface area contributed by atoms with Gasteiger partial charge in [-0.1, -0.05) is 28.9 Å². The van der Waals surface area contributed by atoms with Crippen molar-refractivity contribution in [2.45, 2.75) is 19.8 Å². The van der Waals surface area contributed by atoms with Crippen LogP contribution in [0.3, 0.4) is 0 Å². The Morgan fingerprint density at radius 3 is 2.37 bits per heavy atom. The van der Waals surface area contributed by atoms with Gasteiger partial charge < -0.3 is 39.7 Å². The second kappa shape index (κ2) is 13.3. The number of aromatic nitrogens is 1. The Hall–Kier alpha value is -4.78. The van der Waals surface area contributed by atoms with E-state index in [1.54, 1.807) is 43.2 Å². The number of hydrogen-bond acceptors (Lipinski definition) is 10. The lowest BCUT2D eigenvalue weighted by Gasteiger charge is -2.37. The van der Waals surface area contributed by atoms with Gasteiger partial charge in [0.1, 0.15) is 22.8 Å². The molecule has 240 valence electrons. The molecule has 2 fully saturated rings. The SMILES string of the molecule is COc1ccccc1-c1noc(C)c1C(=O)N1CCN(c2cc(NC(=O)c3ccc(N4CCCC4)cc3)c(N([O-])O)cc2Cl)CC1. The van der Waals surface area contributed by atoms with Gasteiger partial charge in [0.2, 0.25) is 0 Å². The molecule has 2 aliphatic rings. The first kappa shape index (κ1) is 31.2. The Morgan fingerprint density at radius 1 is 1.00 bits per heavy atom. The number of nitrogens with one attached hydrogen (secondary N) is 1. The van der Waals surface area contributed by atoms with Gasteiger partial charge in [0.25, 0.3) is 11.8 Å². The lowest BCUT2D eigenvalue weighted by atomic mass is 10.0. The number of carbonyl (C=O) groups excluding carboxylic acids is 2. The minimum Gasteiger partial charge on any atom is -0.733 e. The highest BCUT2D eigenvalue weighted by Gasteiger charge is 2.30. The number of amides is 2. The number of carbonyl (C=O) groups is 2. The molecule has 2 N–H and O–H groups in total. The van der Waals surface area contributed by atoms with E-state index < -0.39 is 5.91 Å². The summed E-state index contributed by atoms with van der Waals surface area (Å²) in [4.78, 5) is 32.9. The lowest BCUT2D eigenvalue weighted by molar-refractivity contribution is 0.0745. The highest BCUT2D eigenvalue weighted by molar-refractivity contribution is 6.34. The summed E-state index contributed by atoms with van der Waals surface area (Å²) >= 11 is 6.58. The standard InChI is InChI=1S/C33H34ClN6O6/c1-21-30(31(36-46-21)24-7-3-4-8-29(24)45-2)33(42)39-17-15-38(16-18-39)27-20-26(28(40(43)44)19-25(27)34)35-32(41)22-9-11-23(12-10-22)37-13-5-6-14-37/h3-4,7-12,19-20,43H,5-6,13-18H2,1-2H3,(H,35,41)/q-1. The van der Waals surface area contributed by atoms with Crippen molar-refractivity contribution in [3.63, 3.8) is 0 Å². The number of methoxy groups -OCH3 is 1. The van der Waals surface area contributed by atoms with Gasteiger partial charge in [-0.25, -0.2) is 0 Å². The number of aryl methyl sites for hydroxylation is 1. The molecule has 46 heavy (non-hydrogen) atoms. The smallest absolute Gasteiger partial charge is 0.259 e. The molecule has 0 atom stereocenters.